The maximum absolute atomic E-state index is 4.35. The molecule has 0 aromatic carbocycles. The second kappa shape index (κ2) is 2.19. The highest BCUT2D eigenvalue weighted by Gasteiger charge is 2.20. The molecule has 0 atom stereocenters. The topological polar surface area (TPSA) is 28.0 Å². The maximum Gasteiger partial charge on any atom is 0.130 e. The van der Waals surface area contributed by atoms with Gasteiger partial charge in [-0.25, -0.2) is 4.99 Å². The Bertz CT molecular complexity index is 273. The van der Waals surface area contributed by atoms with Crippen molar-refractivity contribution in [2.75, 3.05) is 13.1 Å². The molecule has 3 nitrogen and oxygen atoms in total. The standard InChI is InChI=1S/C8H11N3/c1-6-5-8-9-3-4-11(8)7(2)10-6/h5H,3-4H2,1-2H3. The van der Waals surface area contributed by atoms with E-state index in [9.17, 15) is 0 Å². The van der Waals surface area contributed by atoms with E-state index in [1.807, 2.05) is 19.9 Å². The third kappa shape index (κ3) is 0.964. The summed E-state index contributed by atoms with van der Waals surface area (Å²) in [6, 6.07) is 0. The minimum Gasteiger partial charge on any atom is -0.313 e. The molecule has 0 fully saturated rings. The summed E-state index contributed by atoms with van der Waals surface area (Å²) in [5.41, 5.74) is 1.06. The molecule has 0 saturated carbocycles. The normalized spacial score (nSPS) is 22.4. The summed E-state index contributed by atoms with van der Waals surface area (Å²) < 4.78 is 0. The summed E-state index contributed by atoms with van der Waals surface area (Å²) in [5.74, 6) is 2.15. The van der Waals surface area contributed by atoms with E-state index in [-0.39, 0.29) is 0 Å². The number of amidine groups is 2. The molecule has 0 radical (unpaired) electrons. The monoisotopic (exact) mass is 149 g/mol. The summed E-state index contributed by atoms with van der Waals surface area (Å²) in [6.45, 7) is 5.93. The number of rotatable bonds is 0. The first-order valence-corrected chi connectivity index (χ1v) is 3.83. The number of aliphatic imine (C=N–C) groups is 2. The number of nitrogens with zero attached hydrogens (tertiary/aromatic N) is 3. The highest BCUT2D eigenvalue weighted by Crippen LogP contribution is 2.13. The van der Waals surface area contributed by atoms with Crippen LogP contribution in [0.15, 0.2) is 21.8 Å². The molecule has 0 unspecified atom stereocenters. The van der Waals surface area contributed by atoms with E-state index in [1.165, 1.54) is 0 Å². The smallest absolute Gasteiger partial charge is 0.130 e. The van der Waals surface area contributed by atoms with Gasteiger partial charge >= 0.3 is 0 Å². The highest BCUT2D eigenvalue weighted by atomic mass is 15.3. The molecule has 0 amide bonds. The Morgan fingerprint density at radius 1 is 1.45 bits per heavy atom. The first-order chi connectivity index (χ1) is 5.27. The van der Waals surface area contributed by atoms with Gasteiger partial charge in [-0.3, -0.25) is 4.99 Å². The van der Waals surface area contributed by atoms with Gasteiger partial charge in [0.15, 0.2) is 0 Å². The summed E-state index contributed by atoms with van der Waals surface area (Å²) >= 11 is 0. The van der Waals surface area contributed by atoms with Crippen molar-refractivity contribution in [2.45, 2.75) is 13.8 Å². The van der Waals surface area contributed by atoms with Crippen molar-refractivity contribution in [2.24, 2.45) is 9.98 Å². The molecular weight excluding hydrogens is 138 g/mol. The minimum absolute atomic E-state index is 0.909. The van der Waals surface area contributed by atoms with E-state index in [1.54, 1.807) is 0 Å². The fraction of sp³-hybridized carbons (Fsp3) is 0.500. The lowest BCUT2D eigenvalue weighted by atomic mass is 10.3. The molecule has 3 heteroatoms. The van der Waals surface area contributed by atoms with Crippen molar-refractivity contribution >= 4 is 11.7 Å². The molecular formula is C8H11N3. The van der Waals surface area contributed by atoms with Gasteiger partial charge in [0.05, 0.1) is 6.54 Å². The summed E-state index contributed by atoms with van der Waals surface area (Å²) in [6.07, 6.45) is 2.03. The maximum atomic E-state index is 4.35. The molecule has 0 spiro atoms. The van der Waals surface area contributed by atoms with Crippen LogP contribution in [0.4, 0.5) is 0 Å². The van der Waals surface area contributed by atoms with Crippen molar-refractivity contribution in [3.8, 4) is 0 Å². The predicted molar refractivity (Wildman–Crippen MR) is 45.9 cm³/mol. The van der Waals surface area contributed by atoms with E-state index in [0.717, 1.165) is 30.5 Å². The zero-order chi connectivity index (χ0) is 7.84. The van der Waals surface area contributed by atoms with E-state index in [0.29, 0.717) is 0 Å². The fourth-order valence-corrected chi connectivity index (χ4v) is 1.45. The lowest BCUT2D eigenvalue weighted by molar-refractivity contribution is 0.657. The molecule has 0 aliphatic carbocycles. The van der Waals surface area contributed by atoms with Gasteiger partial charge in [0.1, 0.15) is 11.7 Å². The van der Waals surface area contributed by atoms with E-state index in [4.69, 9.17) is 0 Å². The van der Waals surface area contributed by atoms with Crippen molar-refractivity contribution in [1.29, 1.82) is 0 Å². The molecule has 58 valence electrons. The Morgan fingerprint density at radius 3 is 3.09 bits per heavy atom. The zero-order valence-corrected chi connectivity index (χ0v) is 6.83. The molecule has 2 heterocycles. The van der Waals surface area contributed by atoms with Gasteiger partial charge in [-0.15, -0.1) is 0 Å². The fourth-order valence-electron chi connectivity index (χ4n) is 1.45. The molecule has 0 aromatic heterocycles. The lowest BCUT2D eigenvalue weighted by Crippen LogP contribution is -2.33. The van der Waals surface area contributed by atoms with Crippen LogP contribution >= 0.6 is 0 Å². The van der Waals surface area contributed by atoms with Crippen LogP contribution in [0.3, 0.4) is 0 Å². The molecule has 0 saturated heterocycles. The lowest BCUT2D eigenvalue weighted by Gasteiger charge is -2.21. The van der Waals surface area contributed by atoms with Crippen molar-refractivity contribution in [3.63, 3.8) is 0 Å². The van der Waals surface area contributed by atoms with Crippen molar-refractivity contribution < 1.29 is 0 Å². The highest BCUT2D eigenvalue weighted by molar-refractivity contribution is 6.08. The van der Waals surface area contributed by atoms with Crippen LogP contribution in [0.2, 0.25) is 0 Å². The average Bonchev–Trinajstić information content (AvgIpc) is 2.34. The van der Waals surface area contributed by atoms with Gasteiger partial charge in [-0.05, 0) is 13.8 Å². The Labute approximate surface area is 66.1 Å². The van der Waals surface area contributed by atoms with Gasteiger partial charge in [-0.2, -0.15) is 0 Å². The van der Waals surface area contributed by atoms with Gasteiger partial charge in [0.2, 0.25) is 0 Å². The Morgan fingerprint density at radius 2 is 2.27 bits per heavy atom. The molecule has 2 aliphatic heterocycles. The molecule has 0 aromatic rings. The van der Waals surface area contributed by atoms with Crippen LogP contribution in [-0.2, 0) is 0 Å². The average molecular weight is 149 g/mol. The molecule has 0 N–H and O–H groups in total. The van der Waals surface area contributed by atoms with Crippen LogP contribution in [0.5, 0.6) is 0 Å². The number of allylic oxidation sites excluding steroid dienone is 1. The minimum atomic E-state index is 0.909. The second-order valence-corrected chi connectivity index (χ2v) is 2.84. The Hall–Kier alpha value is -1.12. The van der Waals surface area contributed by atoms with E-state index in [2.05, 4.69) is 14.9 Å². The van der Waals surface area contributed by atoms with Gasteiger partial charge < -0.3 is 4.90 Å². The van der Waals surface area contributed by atoms with Crippen molar-refractivity contribution in [3.05, 3.63) is 11.8 Å². The van der Waals surface area contributed by atoms with Gasteiger partial charge in [-0.1, -0.05) is 0 Å². The Balaban J connectivity index is 2.40. The number of hydrogen-bond donors (Lipinski definition) is 0. The first-order valence-electron chi connectivity index (χ1n) is 3.83. The molecule has 0 bridgehead atoms. The largest absolute Gasteiger partial charge is 0.313 e. The van der Waals surface area contributed by atoms with Crippen LogP contribution in [-0.4, -0.2) is 29.7 Å². The number of fused-ring (bicyclic) bond motifs is 1. The Kier molecular flexibility index (Phi) is 1.31. The molecule has 2 aliphatic rings. The summed E-state index contributed by atoms with van der Waals surface area (Å²) in [7, 11) is 0. The third-order valence-electron chi connectivity index (χ3n) is 1.94. The van der Waals surface area contributed by atoms with E-state index >= 15 is 0 Å². The summed E-state index contributed by atoms with van der Waals surface area (Å²) in [4.78, 5) is 10.8. The molecule has 2 rings (SSSR count). The van der Waals surface area contributed by atoms with Gasteiger partial charge in [0.25, 0.3) is 0 Å². The van der Waals surface area contributed by atoms with Gasteiger partial charge in [0, 0.05) is 18.3 Å². The third-order valence-corrected chi connectivity index (χ3v) is 1.94. The van der Waals surface area contributed by atoms with Crippen LogP contribution in [0.25, 0.3) is 0 Å². The molecule has 11 heavy (non-hydrogen) atoms. The first kappa shape index (κ1) is 6.58. The second-order valence-electron chi connectivity index (χ2n) is 2.84. The van der Waals surface area contributed by atoms with Crippen LogP contribution in [0, 0.1) is 0 Å². The quantitative estimate of drug-likeness (QED) is 0.505. The SMILES string of the molecule is CC1=CC2=NCCN2C(C)=N1. The van der Waals surface area contributed by atoms with Crippen LogP contribution < -0.4 is 0 Å². The van der Waals surface area contributed by atoms with E-state index < -0.39 is 0 Å². The van der Waals surface area contributed by atoms with Crippen LogP contribution in [0.1, 0.15) is 13.8 Å². The number of hydrogen-bond acceptors (Lipinski definition) is 3. The van der Waals surface area contributed by atoms with Crippen molar-refractivity contribution in [1.82, 2.24) is 4.90 Å². The predicted octanol–water partition coefficient (Wildman–Crippen LogP) is 1.04. The summed E-state index contributed by atoms with van der Waals surface area (Å²) in [5, 5.41) is 0. The zero-order valence-electron chi connectivity index (χ0n) is 6.83.